The summed E-state index contributed by atoms with van der Waals surface area (Å²) in [4.78, 5) is 54.5. The number of hydrogen-bond acceptors (Lipinski definition) is 16. The van der Waals surface area contributed by atoms with Crippen molar-refractivity contribution in [2.24, 2.45) is 40.4 Å². The molecule has 6 rings (SSSR count). The summed E-state index contributed by atoms with van der Waals surface area (Å²) in [5, 5.41) is 64.8. The van der Waals surface area contributed by atoms with Crippen molar-refractivity contribution in [3.05, 3.63) is 23.5 Å². The molecule has 3 heterocycles. The Kier molecular flexibility index (Phi) is 9.29. The van der Waals surface area contributed by atoms with E-state index in [1.807, 2.05) is 13.8 Å². The number of aliphatic hydroxyl groups is 6. The predicted octanol–water partition coefficient (Wildman–Crippen LogP) is -1.73. The van der Waals surface area contributed by atoms with Crippen LogP contribution < -0.4 is 0 Å². The van der Waals surface area contributed by atoms with E-state index < -0.39 is 126 Å². The normalized spacial score (nSPS) is 48.2. The van der Waals surface area contributed by atoms with Gasteiger partial charge in [-0.1, -0.05) is 33.3 Å². The van der Waals surface area contributed by atoms with Crippen molar-refractivity contribution in [1.29, 1.82) is 0 Å². The van der Waals surface area contributed by atoms with Crippen molar-refractivity contribution in [3.63, 3.8) is 0 Å². The Morgan fingerprint density at radius 1 is 1.06 bits per heavy atom. The van der Waals surface area contributed by atoms with Crippen molar-refractivity contribution < 1.29 is 78.2 Å². The predicted molar refractivity (Wildman–Crippen MR) is 164 cm³/mol. The molecule has 2 bridgehead atoms. The number of rotatable bonds is 7. The minimum absolute atomic E-state index is 0.0294. The minimum atomic E-state index is -2.34. The van der Waals surface area contributed by atoms with Gasteiger partial charge in [0, 0.05) is 23.3 Å². The number of methoxy groups -OCH3 is 1. The first-order valence-corrected chi connectivity index (χ1v) is 16.8. The quantitative estimate of drug-likeness (QED) is 0.0976. The fourth-order valence-electron chi connectivity index (χ4n) is 9.69. The minimum Gasteiger partial charge on any atom is -0.467 e. The third-order valence-electron chi connectivity index (χ3n) is 12.4. The van der Waals surface area contributed by atoms with Crippen molar-refractivity contribution in [2.45, 2.75) is 102 Å². The first kappa shape index (κ1) is 36.8. The van der Waals surface area contributed by atoms with Crippen LogP contribution in [0.1, 0.15) is 41.0 Å². The summed E-state index contributed by atoms with van der Waals surface area (Å²) in [6.07, 6.45) is -12.2. The van der Waals surface area contributed by atoms with Gasteiger partial charge in [-0.25, -0.2) is 14.4 Å². The number of carbonyl (C=O) groups is 4. The molecule has 0 aromatic heterocycles. The Bertz CT molecular complexity index is 1490. The van der Waals surface area contributed by atoms with Gasteiger partial charge in [0.05, 0.1) is 32.3 Å². The van der Waals surface area contributed by atoms with Crippen LogP contribution in [0.3, 0.4) is 0 Å². The number of ether oxygens (including phenoxy) is 6. The van der Waals surface area contributed by atoms with Crippen LogP contribution in [-0.2, 0) is 47.6 Å². The number of Topliss-reactive ketones (excluding diaryl/α,β-unsaturated/α-hetero) is 1. The van der Waals surface area contributed by atoms with Gasteiger partial charge in [0.15, 0.2) is 11.5 Å². The van der Waals surface area contributed by atoms with Crippen LogP contribution in [0.2, 0.25) is 0 Å². The molecule has 16 nitrogen and oxygen atoms in total. The monoisotopic (exact) mass is 710 g/mol. The third-order valence-corrected chi connectivity index (χ3v) is 12.4. The smallest absolute Gasteiger partial charge is 0.348 e. The van der Waals surface area contributed by atoms with Gasteiger partial charge in [0.1, 0.15) is 36.6 Å². The fraction of sp³-hybridized carbons (Fsp3) is 0.765. The lowest BCUT2D eigenvalue weighted by Gasteiger charge is -2.67. The number of hydrogen-bond donors (Lipinski definition) is 6. The molecule has 6 aliphatic rings. The van der Waals surface area contributed by atoms with Crippen LogP contribution in [0, 0.1) is 40.4 Å². The highest BCUT2D eigenvalue weighted by Crippen LogP contribution is 2.72. The molecule has 16 atom stereocenters. The first-order valence-electron chi connectivity index (χ1n) is 16.8. The Morgan fingerprint density at radius 3 is 2.36 bits per heavy atom. The molecule has 16 heteroatoms. The van der Waals surface area contributed by atoms with Gasteiger partial charge in [-0.05, 0) is 36.7 Å². The van der Waals surface area contributed by atoms with Gasteiger partial charge in [-0.2, -0.15) is 0 Å². The second-order valence-electron chi connectivity index (χ2n) is 15.1. The Hall–Kier alpha value is -2.96. The molecule has 1 spiro atoms. The number of allylic oxidation sites excluding steroid dienone is 3. The van der Waals surface area contributed by atoms with E-state index in [2.05, 4.69) is 0 Å². The zero-order valence-corrected chi connectivity index (χ0v) is 28.6. The van der Waals surface area contributed by atoms with E-state index in [-0.39, 0.29) is 24.7 Å². The molecule has 0 aromatic carbocycles. The molecular formula is C34H46O16. The molecule has 3 aliphatic heterocycles. The summed E-state index contributed by atoms with van der Waals surface area (Å²) in [6, 6.07) is 0. The molecule has 2 saturated carbocycles. The van der Waals surface area contributed by atoms with Gasteiger partial charge in [-0.3, -0.25) is 4.79 Å². The summed E-state index contributed by atoms with van der Waals surface area (Å²) in [5.41, 5.74) is -4.45. The molecule has 50 heavy (non-hydrogen) atoms. The SMILES string of the molecule is COC(=O)[C@@]12OC[C@@]34[C@H](C[C@H]5[C@H](C)C(=O)C(O[C@H]6O[C@@H](CO)[C@H](O)[C@@H](O)[C@@H]6O)=C[C@@]5(C)[C@@H]3[C@@H](O)[C@@H]1O)OC(=O)[C@@H](OC(=O)/C=C(\C)C(C)C)[C@H]24. The maximum absolute atomic E-state index is 13.8. The summed E-state index contributed by atoms with van der Waals surface area (Å²) >= 11 is 0. The molecule has 0 radical (unpaired) electrons. The summed E-state index contributed by atoms with van der Waals surface area (Å²) in [6.45, 7) is 7.69. The summed E-state index contributed by atoms with van der Waals surface area (Å²) < 4.78 is 34.4. The van der Waals surface area contributed by atoms with Crippen LogP contribution in [-0.4, -0.2) is 135 Å². The average molecular weight is 711 g/mol. The van der Waals surface area contributed by atoms with E-state index in [9.17, 15) is 49.8 Å². The van der Waals surface area contributed by atoms with Gasteiger partial charge < -0.3 is 59.1 Å². The molecule has 0 amide bonds. The van der Waals surface area contributed by atoms with Crippen LogP contribution in [0.25, 0.3) is 0 Å². The third kappa shape index (κ3) is 4.94. The van der Waals surface area contributed by atoms with E-state index in [1.165, 1.54) is 12.2 Å². The molecule has 5 fully saturated rings. The molecule has 3 aliphatic carbocycles. The molecule has 0 aromatic rings. The number of ketones is 1. The standard InChI is InChI=1S/C34H46O16/c1-12(2)13(3)7-19(36)50-25-27-33-11-46-34(27,31(44)45-6)28(42)24(41)26(33)32(5)9-16(20(37)14(4)15(32)8-18(33)49-29(25)43)47-30-23(40)22(39)21(38)17(10-35)48-30/h7,9,12,14-15,17-18,21-28,30,35,38-42H,8,10-11H2,1-6H3/b13-7+/t14-,15-,17-,18-,21-,22+,23-,24+,25-,26-,27-,28-,30-,32+,33+,34-/m0/s1. The lowest BCUT2D eigenvalue weighted by atomic mass is 9.38. The zero-order chi connectivity index (χ0) is 36.8. The van der Waals surface area contributed by atoms with E-state index in [1.54, 1.807) is 20.8 Å². The lowest BCUT2D eigenvalue weighted by Crippen LogP contribution is -2.79. The van der Waals surface area contributed by atoms with E-state index in [4.69, 9.17) is 28.4 Å². The van der Waals surface area contributed by atoms with Crippen LogP contribution in [0.4, 0.5) is 0 Å². The lowest BCUT2D eigenvalue weighted by molar-refractivity contribution is -0.296. The molecule has 0 unspecified atom stereocenters. The number of fused-ring (bicyclic) bond motifs is 2. The molecular weight excluding hydrogens is 664 g/mol. The van der Waals surface area contributed by atoms with Crippen LogP contribution in [0.5, 0.6) is 0 Å². The average Bonchev–Trinajstić information content (AvgIpc) is 3.38. The maximum Gasteiger partial charge on any atom is 0.348 e. The van der Waals surface area contributed by atoms with Gasteiger partial charge in [0.2, 0.25) is 18.0 Å². The molecule has 6 N–H and O–H groups in total. The molecule has 278 valence electrons. The first-order chi connectivity index (χ1) is 23.4. The van der Waals surface area contributed by atoms with Crippen LogP contribution in [0.15, 0.2) is 23.5 Å². The largest absolute Gasteiger partial charge is 0.467 e. The van der Waals surface area contributed by atoms with Gasteiger partial charge >= 0.3 is 17.9 Å². The van der Waals surface area contributed by atoms with E-state index in [0.717, 1.165) is 7.11 Å². The Balaban J connectivity index is 1.47. The number of aliphatic hydroxyl groups excluding tert-OH is 6. The summed E-state index contributed by atoms with van der Waals surface area (Å²) in [7, 11) is 1.06. The maximum atomic E-state index is 13.8. The topological polar surface area (TPSA) is 245 Å². The Morgan fingerprint density at radius 2 is 1.74 bits per heavy atom. The number of carbonyl (C=O) groups excluding carboxylic acids is 4. The van der Waals surface area contributed by atoms with E-state index >= 15 is 0 Å². The van der Waals surface area contributed by atoms with E-state index in [0.29, 0.717) is 5.57 Å². The van der Waals surface area contributed by atoms with Crippen molar-refractivity contribution in [2.75, 3.05) is 20.3 Å². The van der Waals surface area contributed by atoms with Crippen molar-refractivity contribution in [3.8, 4) is 0 Å². The highest BCUT2D eigenvalue weighted by Gasteiger charge is 2.85. The van der Waals surface area contributed by atoms with Crippen LogP contribution >= 0.6 is 0 Å². The van der Waals surface area contributed by atoms with Crippen molar-refractivity contribution >= 4 is 23.7 Å². The molecule has 3 saturated heterocycles. The fourth-order valence-corrected chi connectivity index (χ4v) is 9.69. The summed E-state index contributed by atoms with van der Waals surface area (Å²) in [5.74, 6) is -7.88. The Labute approximate surface area is 287 Å². The van der Waals surface area contributed by atoms with Crippen molar-refractivity contribution in [1.82, 2.24) is 0 Å². The van der Waals surface area contributed by atoms with Gasteiger partial charge in [-0.15, -0.1) is 0 Å². The number of esters is 3. The highest BCUT2D eigenvalue weighted by molar-refractivity contribution is 5.97. The second-order valence-corrected chi connectivity index (χ2v) is 15.1. The van der Waals surface area contributed by atoms with Gasteiger partial charge in [0.25, 0.3) is 0 Å². The zero-order valence-electron chi connectivity index (χ0n) is 28.6. The highest BCUT2D eigenvalue weighted by atomic mass is 16.7. The second kappa shape index (κ2) is 12.6.